The van der Waals surface area contributed by atoms with E-state index >= 15 is 0 Å². The van der Waals surface area contributed by atoms with Crippen LogP contribution in [0.2, 0.25) is 0 Å². The Morgan fingerprint density at radius 1 is 1.28 bits per heavy atom. The smallest absolute Gasteiger partial charge is 0.205 e. The molecular weight excluding hydrogens is 244 g/mol. The summed E-state index contributed by atoms with van der Waals surface area (Å²) in [5.74, 6) is 0.969. The minimum atomic E-state index is 0.835. The number of anilines is 1. The van der Waals surface area contributed by atoms with Crippen molar-refractivity contribution in [2.24, 2.45) is 5.92 Å². The lowest BCUT2D eigenvalue weighted by atomic mass is 10.3. The van der Waals surface area contributed by atoms with Crippen LogP contribution in [0.4, 0.5) is 5.13 Å². The standard InChI is InChI=1S/C13H22N4S/c1-2-7-14-13-16-15-12(18-13)9-17(11-5-6-11)8-10-3-4-10/h10-11H,2-9H2,1H3,(H,14,16). The van der Waals surface area contributed by atoms with Crippen molar-refractivity contribution in [1.29, 1.82) is 0 Å². The van der Waals surface area contributed by atoms with Gasteiger partial charge in [-0.1, -0.05) is 18.3 Å². The highest BCUT2D eigenvalue weighted by atomic mass is 32.1. The third-order valence-corrected chi connectivity index (χ3v) is 4.45. The topological polar surface area (TPSA) is 41.1 Å². The van der Waals surface area contributed by atoms with E-state index in [1.165, 1.54) is 37.2 Å². The molecular formula is C13H22N4S. The molecule has 1 N–H and O–H groups in total. The minimum Gasteiger partial charge on any atom is -0.360 e. The Balaban J connectivity index is 1.54. The molecule has 0 aromatic carbocycles. The van der Waals surface area contributed by atoms with Gasteiger partial charge in [0.05, 0.1) is 6.54 Å². The van der Waals surface area contributed by atoms with Crippen molar-refractivity contribution in [3.05, 3.63) is 5.01 Å². The molecule has 4 nitrogen and oxygen atoms in total. The van der Waals surface area contributed by atoms with E-state index in [4.69, 9.17) is 0 Å². The molecule has 0 bridgehead atoms. The largest absolute Gasteiger partial charge is 0.360 e. The summed E-state index contributed by atoms with van der Waals surface area (Å²) in [7, 11) is 0. The van der Waals surface area contributed by atoms with E-state index in [0.717, 1.165) is 36.6 Å². The zero-order valence-corrected chi connectivity index (χ0v) is 11.9. The van der Waals surface area contributed by atoms with Gasteiger partial charge >= 0.3 is 0 Å². The number of aromatic nitrogens is 2. The third kappa shape index (κ3) is 3.42. The molecule has 0 saturated heterocycles. The van der Waals surface area contributed by atoms with Gasteiger partial charge in [0.15, 0.2) is 0 Å². The number of hydrogen-bond donors (Lipinski definition) is 1. The maximum absolute atomic E-state index is 4.31. The second kappa shape index (κ2) is 5.53. The number of rotatable bonds is 8. The van der Waals surface area contributed by atoms with E-state index in [-0.39, 0.29) is 0 Å². The summed E-state index contributed by atoms with van der Waals surface area (Å²) in [5, 5.41) is 14.0. The predicted molar refractivity (Wildman–Crippen MR) is 74.8 cm³/mol. The molecule has 5 heteroatoms. The van der Waals surface area contributed by atoms with Crippen LogP contribution in [0.3, 0.4) is 0 Å². The van der Waals surface area contributed by atoms with Crippen molar-refractivity contribution in [2.45, 2.75) is 51.6 Å². The summed E-state index contributed by atoms with van der Waals surface area (Å²) in [4.78, 5) is 2.63. The quantitative estimate of drug-likeness (QED) is 0.785. The molecule has 18 heavy (non-hydrogen) atoms. The fourth-order valence-corrected chi connectivity index (χ4v) is 3.00. The van der Waals surface area contributed by atoms with E-state index in [9.17, 15) is 0 Å². The molecule has 0 unspecified atom stereocenters. The van der Waals surface area contributed by atoms with Gasteiger partial charge in [-0.05, 0) is 38.0 Å². The van der Waals surface area contributed by atoms with Crippen molar-refractivity contribution >= 4 is 16.5 Å². The first-order valence-corrected chi connectivity index (χ1v) is 7.97. The summed E-state index contributed by atoms with van der Waals surface area (Å²) in [6.07, 6.45) is 6.76. The summed E-state index contributed by atoms with van der Waals surface area (Å²) < 4.78 is 0. The van der Waals surface area contributed by atoms with Gasteiger partial charge in [-0.2, -0.15) is 0 Å². The maximum Gasteiger partial charge on any atom is 0.205 e. The number of hydrogen-bond acceptors (Lipinski definition) is 5. The average Bonchev–Trinajstić information content (AvgIpc) is 3.26. The van der Waals surface area contributed by atoms with Crippen LogP contribution < -0.4 is 5.32 Å². The molecule has 2 aliphatic carbocycles. The van der Waals surface area contributed by atoms with Gasteiger partial charge in [0.2, 0.25) is 5.13 Å². The van der Waals surface area contributed by atoms with Crippen molar-refractivity contribution < 1.29 is 0 Å². The van der Waals surface area contributed by atoms with Crippen LogP contribution in [-0.2, 0) is 6.54 Å². The van der Waals surface area contributed by atoms with E-state index in [1.54, 1.807) is 11.3 Å². The molecule has 0 radical (unpaired) electrons. The Labute approximate surface area is 113 Å². The lowest BCUT2D eigenvalue weighted by Gasteiger charge is -2.19. The SMILES string of the molecule is CCCNc1nnc(CN(CC2CC2)C2CC2)s1. The Morgan fingerprint density at radius 3 is 2.78 bits per heavy atom. The molecule has 2 saturated carbocycles. The fourth-order valence-electron chi connectivity index (χ4n) is 2.21. The summed E-state index contributed by atoms with van der Waals surface area (Å²) >= 11 is 1.72. The molecule has 3 rings (SSSR count). The molecule has 1 aromatic rings. The van der Waals surface area contributed by atoms with Crippen LogP contribution in [0, 0.1) is 5.92 Å². The highest BCUT2D eigenvalue weighted by molar-refractivity contribution is 7.15. The monoisotopic (exact) mass is 266 g/mol. The Hall–Kier alpha value is -0.680. The first-order valence-electron chi connectivity index (χ1n) is 7.15. The van der Waals surface area contributed by atoms with Gasteiger partial charge in [0.25, 0.3) is 0 Å². The normalized spacial score (nSPS) is 19.4. The molecule has 2 fully saturated rings. The van der Waals surface area contributed by atoms with E-state index < -0.39 is 0 Å². The predicted octanol–water partition coefficient (Wildman–Crippen LogP) is 2.73. The molecule has 0 aliphatic heterocycles. The lowest BCUT2D eigenvalue weighted by molar-refractivity contribution is 0.243. The van der Waals surface area contributed by atoms with Gasteiger partial charge in [-0.15, -0.1) is 10.2 Å². The molecule has 1 aromatic heterocycles. The molecule has 0 spiro atoms. The first kappa shape index (κ1) is 12.4. The molecule has 0 atom stereocenters. The second-order valence-electron chi connectivity index (χ2n) is 5.53. The maximum atomic E-state index is 4.31. The van der Waals surface area contributed by atoms with Crippen molar-refractivity contribution in [2.75, 3.05) is 18.4 Å². The van der Waals surface area contributed by atoms with Gasteiger partial charge in [-0.25, -0.2) is 0 Å². The van der Waals surface area contributed by atoms with Crippen molar-refractivity contribution in [1.82, 2.24) is 15.1 Å². The van der Waals surface area contributed by atoms with Crippen LogP contribution in [0.5, 0.6) is 0 Å². The van der Waals surface area contributed by atoms with E-state index in [0.29, 0.717) is 0 Å². The molecule has 2 aliphatic rings. The van der Waals surface area contributed by atoms with Gasteiger partial charge in [0, 0.05) is 19.1 Å². The average molecular weight is 266 g/mol. The zero-order valence-electron chi connectivity index (χ0n) is 11.1. The highest BCUT2D eigenvalue weighted by Gasteiger charge is 2.34. The van der Waals surface area contributed by atoms with Gasteiger partial charge in [-0.3, -0.25) is 4.90 Å². The zero-order chi connectivity index (χ0) is 12.4. The van der Waals surface area contributed by atoms with Crippen LogP contribution >= 0.6 is 11.3 Å². The number of nitrogens with zero attached hydrogens (tertiary/aromatic N) is 3. The lowest BCUT2D eigenvalue weighted by Crippen LogP contribution is -2.27. The highest BCUT2D eigenvalue weighted by Crippen LogP contribution is 2.36. The van der Waals surface area contributed by atoms with Gasteiger partial charge < -0.3 is 5.32 Å². The second-order valence-corrected chi connectivity index (χ2v) is 6.59. The summed E-state index contributed by atoms with van der Waals surface area (Å²) in [6, 6.07) is 0.835. The summed E-state index contributed by atoms with van der Waals surface area (Å²) in [6.45, 7) is 5.44. The Bertz CT molecular complexity index is 384. The molecule has 0 amide bonds. The fraction of sp³-hybridized carbons (Fsp3) is 0.846. The van der Waals surface area contributed by atoms with E-state index in [1.807, 2.05) is 0 Å². The van der Waals surface area contributed by atoms with E-state index in [2.05, 4.69) is 27.3 Å². The molecule has 100 valence electrons. The minimum absolute atomic E-state index is 0.835. The summed E-state index contributed by atoms with van der Waals surface area (Å²) in [5.41, 5.74) is 0. The number of nitrogens with one attached hydrogen (secondary N) is 1. The Kier molecular flexibility index (Phi) is 3.80. The molecule has 1 heterocycles. The van der Waals surface area contributed by atoms with Crippen LogP contribution in [0.25, 0.3) is 0 Å². The van der Waals surface area contributed by atoms with Crippen LogP contribution in [0.15, 0.2) is 0 Å². The van der Waals surface area contributed by atoms with Gasteiger partial charge in [0.1, 0.15) is 5.01 Å². The van der Waals surface area contributed by atoms with Crippen molar-refractivity contribution in [3.63, 3.8) is 0 Å². The van der Waals surface area contributed by atoms with Crippen LogP contribution in [-0.4, -0.2) is 34.2 Å². The Morgan fingerprint density at radius 2 is 2.11 bits per heavy atom. The third-order valence-electron chi connectivity index (χ3n) is 3.58. The van der Waals surface area contributed by atoms with Crippen LogP contribution in [0.1, 0.15) is 44.0 Å². The first-order chi connectivity index (χ1) is 8.85. The van der Waals surface area contributed by atoms with Crippen molar-refractivity contribution in [3.8, 4) is 0 Å².